The summed E-state index contributed by atoms with van der Waals surface area (Å²) in [4.78, 5) is 43.3. The lowest BCUT2D eigenvalue weighted by Gasteiger charge is -2.27. The topological polar surface area (TPSA) is 266 Å². The van der Waals surface area contributed by atoms with Crippen LogP contribution in [0.4, 0.5) is 10.2 Å². The fraction of sp³-hybridized carbons (Fsp3) is 0.385. The van der Waals surface area contributed by atoms with Gasteiger partial charge in [0.2, 0.25) is 5.60 Å². The van der Waals surface area contributed by atoms with Gasteiger partial charge in [-0.15, -0.1) is 6.42 Å². The number of nitrogens with two attached hydrogens (primary N) is 1. The Morgan fingerprint density at radius 2 is 1.88 bits per heavy atom. The monoisotopic (exact) mass is 548 g/mol. The van der Waals surface area contributed by atoms with E-state index >= 15 is 4.39 Å². The van der Waals surface area contributed by atoms with E-state index in [9.17, 15) is 28.8 Å². The van der Waals surface area contributed by atoms with E-state index in [2.05, 4.69) is 23.1 Å². The van der Waals surface area contributed by atoms with Gasteiger partial charge in [-0.3, -0.25) is 4.52 Å². The average molecular weight is 548 g/mol. The molecule has 1 aliphatic heterocycles. The molecule has 1 fully saturated rings. The van der Waals surface area contributed by atoms with Crippen LogP contribution in [0.1, 0.15) is 6.23 Å². The molecule has 21 heteroatoms. The molecule has 0 spiro atoms. The van der Waals surface area contributed by atoms with Crippen LogP contribution in [0.2, 0.25) is 0 Å². The van der Waals surface area contributed by atoms with Crippen LogP contribution in [0.15, 0.2) is 18.6 Å². The number of aromatic nitrogens is 3. The first-order valence-electron chi connectivity index (χ1n) is 8.53. The van der Waals surface area contributed by atoms with Crippen molar-refractivity contribution in [2.45, 2.75) is 23.8 Å². The van der Waals surface area contributed by atoms with E-state index in [1.54, 1.807) is 5.92 Å². The molecule has 0 saturated carbocycles. The highest BCUT2D eigenvalue weighted by Crippen LogP contribution is 2.66. The van der Waals surface area contributed by atoms with Gasteiger partial charge in [-0.2, -0.15) is 8.62 Å². The molecule has 3 heterocycles. The third-order valence-corrected chi connectivity index (χ3v) is 8.16. The summed E-state index contributed by atoms with van der Waals surface area (Å²) in [5.74, 6) is -1.77. The maximum Gasteiger partial charge on any atom is 0.490 e. The summed E-state index contributed by atoms with van der Waals surface area (Å²) >= 11 is 0. The summed E-state index contributed by atoms with van der Waals surface area (Å²) in [5.41, 5.74) is 2.88. The molecule has 0 aliphatic carbocycles. The Balaban J connectivity index is 1.86. The van der Waals surface area contributed by atoms with Crippen molar-refractivity contribution in [2.24, 2.45) is 0 Å². The molecular formula is C13H16FN4O13P3. The van der Waals surface area contributed by atoms with E-state index in [1.165, 1.54) is 12.3 Å². The summed E-state index contributed by atoms with van der Waals surface area (Å²) < 4.78 is 66.5. The number of ether oxygens (including phenoxy) is 1. The molecule has 1 aliphatic rings. The lowest BCUT2D eigenvalue weighted by molar-refractivity contribution is -0.203. The second-order valence-corrected chi connectivity index (χ2v) is 11.1. The second kappa shape index (κ2) is 8.70. The molecule has 0 radical (unpaired) electrons. The van der Waals surface area contributed by atoms with Crippen molar-refractivity contribution in [1.82, 2.24) is 14.5 Å². The van der Waals surface area contributed by atoms with Gasteiger partial charge in [-0.1, -0.05) is 5.92 Å². The first-order valence-corrected chi connectivity index (χ1v) is 13.1. The molecule has 2 aromatic rings. The summed E-state index contributed by atoms with van der Waals surface area (Å²) in [6.45, 7) is -1.74. The van der Waals surface area contributed by atoms with Crippen molar-refractivity contribution < 1.29 is 65.8 Å². The molecule has 8 N–H and O–H groups in total. The Morgan fingerprint density at radius 1 is 1.24 bits per heavy atom. The molecule has 0 bridgehead atoms. The first kappa shape index (κ1) is 26.8. The molecule has 17 nitrogen and oxygen atoms in total. The number of fused-ring (bicyclic) bond motifs is 1. The van der Waals surface area contributed by atoms with Crippen LogP contribution in [-0.4, -0.2) is 68.5 Å². The van der Waals surface area contributed by atoms with Gasteiger partial charge in [-0.05, 0) is 6.07 Å². The summed E-state index contributed by atoms with van der Waals surface area (Å²) in [6, 6.07) is 1.36. The molecule has 0 amide bonds. The molecular weight excluding hydrogens is 532 g/mol. The minimum atomic E-state index is -5.89. The summed E-state index contributed by atoms with van der Waals surface area (Å²) in [5, 5.41) is 21.4. The number of phosphoric acid groups is 3. The number of rotatable bonds is 8. The average Bonchev–Trinajstić information content (AvgIpc) is 3.19. The lowest BCUT2D eigenvalue weighted by atomic mass is 9.94. The Labute approximate surface area is 188 Å². The fourth-order valence-electron chi connectivity index (χ4n) is 2.99. The largest absolute Gasteiger partial charge is 0.490 e. The highest BCUT2D eigenvalue weighted by molar-refractivity contribution is 7.66. The van der Waals surface area contributed by atoms with Gasteiger partial charge in [-0.25, -0.2) is 28.1 Å². The van der Waals surface area contributed by atoms with Gasteiger partial charge < -0.3 is 44.8 Å². The Morgan fingerprint density at radius 3 is 2.47 bits per heavy atom. The number of aliphatic hydroxyl groups is 2. The van der Waals surface area contributed by atoms with Gasteiger partial charge in [0, 0.05) is 6.20 Å². The number of nitrogen functional groups attached to an aromatic ring is 1. The lowest BCUT2D eigenvalue weighted by Crippen LogP contribution is -2.50. The summed E-state index contributed by atoms with van der Waals surface area (Å²) in [6.07, 6.45) is 2.96. The van der Waals surface area contributed by atoms with E-state index < -0.39 is 53.9 Å². The minimum Gasteiger partial charge on any atom is -0.383 e. The number of alkyl halides is 1. The smallest absolute Gasteiger partial charge is 0.383 e. The maximum absolute atomic E-state index is 15.4. The maximum atomic E-state index is 15.4. The van der Waals surface area contributed by atoms with Crippen LogP contribution in [0.25, 0.3) is 11.0 Å². The number of terminal acetylenes is 1. The molecule has 1 saturated heterocycles. The predicted octanol–water partition coefficient (Wildman–Crippen LogP) is -0.723. The third kappa shape index (κ3) is 5.23. The highest BCUT2D eigenvalue weighted by atomic mass is 31.3. The van der Waals surface area contributed by atoms with Gasteiger partial charge in [0.05, 0.1) is 5.39 Å². The molecule has 0 aromatic carbocycles. The normalized spacial score (nSPS) is 31.1. The second-order valence-electron chi connectivity index (χ2n) is 6.71. The van der Waals surface area contributed by atoms with E-state index in [-0.39, 0.29) is 16.9 Å². The fourth-order valence-corrected chi connectivity index (χ4v) is 6.02. The molecule has 6 atom stereocenters. The molecule has 3 rings (SSSR count). The number of anilines is 1. The van der Waals surface area contributed by atoms with Crippen LogP contribution < -0.4 is 5.73 Å². The van der Waals surface area contributed by atoms with E-state index in [0.29, 0.717) is 0 Å². The van der Waals surface area contributed by atoms with Gasteiger partial charge in [0.1, 0.15) is 24.4 Å². The highest BCUT2D eigenvalue weighted by Gasteiger charge is 2.65. The number of phosphoric ester groups is 1. The van der Waals surface area contributed by atoms with Gasteiger partial charge >= 0.3 is 23.5 Å². The van der Waals surface area contributed by atoms with Crippen molar-refractivity contribution in [1.29, 1.82) is 0 Å². The Bertz CT molecular complexity index is 1290. The van der Waals surface area contributed by atoms with Gasteiger partial charge in [0.25, 0.3) is 5.85 Å². The quantitative estimate of drug-likeness (QED) is 0.158. The van der Waals surface area contributed by atoms with Crippen LogP contribution >= 0.6 is 23.5 Å². The minimum absolute atomic E-state index is 0.00416. The zero-order valence-electron chi connectivity index (χ0n) is 16.4. The Hall–Kier alpha value is -1.80. The van der Waals surface area contributed by atoms with Crippen LogP contribution in [0, 0.1) is 12.3 Å². The predicted molar refractivity (Wildman–Crippen MR) is 106 cm³/mol. The number of hydrogen-bond acceptors (Lipinski definition) is 12. The van der Waals surface area contributed by atoms with E-state index in [1.807, 2.05) is 0 Å². The zero-order chi connectivity index (χ0) is 25.7. The standard InChI is InChI=1S/C13H16FN4O13P3/c1-2-12(20)10(19)13(14,5-28-33(24,25)31-34(26,27)30-32(21,22)23)29-11(12)18-4-3-7-8(15)16-6-17-9(7)18/h1,3-4,6,10-11,19-20H,5H2,(H,24,25)(H,26,27)(H2,15,16,17)(H2,21,22,23). The van der Waals surface area contributed by atoms with E-state index in [0.717, 1.165) is 10.9 Å². The first-order chi connectivity index (χ1) is 15.4. The van der Waals surface area contributed by atoms with Gasteiger partial charge in [0.15, 0.2) is 12.3 Å². The van der Waals surface area contributed by atoms with Crippen molar-refractivity contribution in [3.8, 4) is 12.3 Å². The van der Waals surface area contributed by atoms with Crippen LogP contribution in [0.3, 0.4) is 0 Å². The van der Waals surface area contributed by atoms with E-state index in [4.69, 9.17) is 31.6 Å². The molecule has 34 heavy (non-hydrogen) atoms. The molecule has 188 valence electrons. The van der Waals surface area contributed by atoms with Crippen molar-refractivity contribution in [3.63, 3.8) is 0 Å². The SMILES string of the molecule is C#CC1(O)C(n2ccc3c(N)ncnc32)OC(F)(COP(=O)(O)OP(=O)(O)OP(=O)(O)O)C1O. The van der Waals surface area contributed by atoms with Crippen molar-refractivity contribution in [3.05, 3.63) is 18.6 Å². The molecule has 6 unspecified atom stereocenters. The zero-order valence-corrected chi connectivity index (χ0v) is 19.0. The van der Waals surface area contributed by atoms with Crippen molar-refractivity contribution >= 4 is 40.3 Å². The number of nitrogens with zero attached hydrogens (tertiary/aromatic N) is 3. The summed E-state index contributed by atoms with van der Waals surface area (Å²) in [7, 11) is -17.3. The Kier molecular flexibility index (Phi) is 6.86. The van der Waals surface area contributed by atoms with Crippen LogP contribution in [-0.2, 0) is 31.6 Å². The molecule has 2 aromatic heterocycles. The number of halogens is 1. The number of aliphatic hydroxyl groups excluding tert-OH is 1. The number of hydrogen-bond donors (Lipinski definition) is 7. The van der Waals surface area contributed by atoms with Crippen molar-refractivity contribution in [2.75, 3.05) is 12.3 Å². The van der Waals surface area contributed by atoms with Crippen LogP contribution in [0.5, 0.6) is 0 Å². The third-order valence-electron chi connectivity index (χ3n) is 4.37.